The number of rotatable bonds is 3. The van der Waals surface area contributed by atoms with Gasteiger partial charge in [-0.05, 0) is 19.3 Å². The van der Waals surface area contributed by atoms with Crippen LogP contribution in [0.15, 0.2) is 11.3 Å². The van der Waals surface area contributed by atoms with Crippen molar-refractivity contribution in [3.05, 3.63) is 11.3 Å². The van der Waals surface area contributed by atoms with Gasteiger partial charge in [0, 0.05) is 40.8 Å². The summed E-state index contributed by atoms with van der Waals surface area (Å²) in [4.78, 5) is 13.4. The molecule has 1 atom stereocenters. The van der Waals surface area contributed by atoms with Crippen molar-refractivity contribution in [3.63, 3.8) is 0 Å². The van der Waals surface area contributed by atoms with Crippen LogP contribution in [0.5, 0.6) is 0 Å². The van der Waals surface area contributed by atoms with Crippen LogP contribution in [0.25, 0.3) is 0 Å². The van der Waals surface area contributed by atoms with E-state index in [9.17, 15) is 13.2 Å². The molecule has 1 fully saturated rings. The van der Waals surface area contributed by atoms with Gasteiger partial charge in [0.2, 0.25) is 15.0 Å². The summed E-state index contributed by atoms with van der Waals surface area (Å²) in [5.41, 5.74) is 1.43. The summed E-state index contributed by atoms with van der Waals surface area (Å²) in [5, 5.41) is 8.97. The standard InChI is InChI=1S/C11H13ClN2O3S/c12-18(16,17)7-8-4-11(15)14(6-8)10-3-1-2-9(10)5-13/h8H,1-4,6-7H2. The van der Waals surface area contributed by atoms with E-state index in [4.69, 9.17) is 15.9 Å². The minimum atomic E-state index is -3.58. The van der Waals surface area contributed by atoms with Crippen LogP contribution in [0.4, 0.5) is 0 Å². The molecule has 5 nitrogen and oxygen atoms in total. The minimum absolute atomic E-state index is 0.107. The molecule has 2 rings (SSSR count). The third-order valence-corrected chi connectivity index (χ3v) is 4.54. The summed E-state index contributed by atoms with van der Waals surface area (Å²) < 4.78 is 22.0. The van der Waals surface area contributed by atoms with E-state index in [2.05, 4.69) is 6.07 Å². The Morgan fingerprint density at radius 1 is 1.44 bits per heavy atom. The Balaban J connectivity index is 2.14. The van der Waals surface area contributed by atoms with Crippen LogP contribution in [0, 0.1) is 17.2 Å². The molecule has 98 valence electrons. The number of nitriles is 1. The average molecular weight is 289 g/mol. The molecule has 18 heavy (non-hydrogen) atoms. The number of hydrogen-bond donors (Lipinski definition) is 0. The average Bonchev–Trinajstić information content (AvgIpc) is 2.81. The second-order valence-corrected chi connectivity index (χ2v) is 7.49. The Morgan fingerprint density at radius 3 is 2.78 bits per heavy atom. The minimum Gasteiger partial charge on any atom is -0.315 e. The Hall–Kier alpha value is -1.06. The van der Waals surface area contributed by atoms with Crippen molar-refractivity contribution in [1.82, 2.24) is 4.90 Å². The predicted octanol–water partition coefficient (Wildman–Crippen LogP) is 1.37. The summed E-state index contributed by atoms with van der Waals surface area (Å²) in [6, 6.07) is 2.12. The lowest BCUT2D eigenvalue weighted by atomic mass is 10.1. The Kier molecular flexibility index (Phi) is 3.64. The highest BCUT2D eigenvalue weighted by atomic mass is 35.7. The molecular weight excluding hydrogens is 276 g/mol. The highest BCUT2D eigenvalue weighted by molar-refractivity contribution is 8.13. The van der Waals surface area contributed by atoms with E-state index in [1.807, 2.05) is 0 Å². The van der Waals surface area contributed by atoms with Crippen LogP contribution in [-0.4, -0.2) is 31.5 Å². The molecule has 0 aromatic heterocycles. The van der Waals surface area contributed by atoms with Gasteiger partial charge >= 0.3 is 0 Å². The van der Waals surface area contributed by atoms with Gasteiger partial charge in [-0.25, -0.2) is 8.42 Å². The Bertz CT molecular complexity index is 547. The van der Waals surface area contributed by atoms with Crippen molar-refractivity contribution in [1.29, 1.82) is 5.26 Å². The lowest BCUT2D eigenvalue weighted by Gasteiger charge is -2.18. The molecule has 0 radical (unpaired) electrons. The lowest BCUT2D eigenvalue weighted by molar-refractivity contribution is -0.126. The van der Waals surface area contributed by atoms with Gasteiger partial charge in [-0.1, -0.05) is 0 Å². The number of amides is 1. The van der Waals surface area contributed by atoms with Crippen LogP contribution in [0.1, 0.15) is 25.7 Å². The van der Waals surface area contributed by atoms with E-state index >= 15 is 0 Å². The third kappa shape index (κ3) is 2.85. The SMILES string of the molecule is N#CC1=C(N2CC(CS(=O)(=O)Cl)CC2=O)CCC1. The second kappa shape index (κ2) is 4.90. The van der Waals surface area contributed by atoms with Gasteiger partial charge in [-0.15, -0.1) is 0 Å². The number of halogens is 1. The van der Waals surface area contributed by atoms with E-state index in [-0.39, 0.29) is 24.0 Å². The van der Waals surface area contributed by atoms with Crippen molar-refractivity contribution in [3.8, 4) is 6.07 Å². The molecule has 1 aliphatic carbocycles. The largest absolute Gasteiger partial charge is 0.315 e. The zero-order valence-corrected chi connectivity index (χ0v) is 11.3. The smallest absolute Gasteiger partial charge is 0.232 e. The van der Waals surface area contributed by atoms with Crippen molar-refractivity contribution in [2.75, 3.05) is 12.3 Å². The summed E-state index contributed by atoms with van der Waals surface area (Å²) in [6.45, 7) is 0.352. The van der Waals surface area contributed by atoms with Gasteiger partial charge < -0.3 is 4.90 Å². The summed E-state index contributed by atoms with van der Waals surface area (Å²) in [7, 11) is 1.62. The fourth-order valence-corrected chi connectivity index (χ4v) is 3.90. The molecule has 1 aliphatic heterocycles. The fraction of sp³-hybridized carbons (Fsp3) is 0.636. The molecule has 0 spiro atoms. The molecular formula is C11H13ClN2O3S. The van der Waals surface area contributed by atoms with Crippen molar-refractivity contribution >= 4 is 25.6 Å². The van der Waals surface area contributed by atoms with E-state index in [1.165, 1.54) is 0 Å². The van der Waals surface area contributed by atoms with E-state index in [1.54, 1.807) is 4.90 Å². The predicted molar refractivity (Wildman–Crippen MR) is 65.9 cm³/mol. The lowest BCUT2D eigenvalue weighted by Crippen LogP contribution is -2.25. The molecule has 1 unspecified atom stereocenters. The normalized spacial score (nSPS) is 24.8. The number of allylic oxidation sites excluding steroid dienone is 2. The van der Waals surface area contributed by atoms with Crippen molar-refractivity contribution in [2.45, 2.75) is 25.7 Å². The van der Waals surface area contributed by atoms with Crippen LogP contribution >= 0.6 is 10.7 Å². The zero-order chi connectivity index (χ0) is 13.3. The molecule has 2 aliphatic rings. The van der Waals surface area contributed by atoms with Crippen LogP contribution < -0.4 is 0 Å². The highest BCUT2D eigenvalue weighted by Crippen LogP contribution is 2.33. The molecule has 7 heteroatoms. The molecule has 0 aromatic carbocycles. The number of carbonyl (C=O) groups excluding carboxylic acids is 1. The summed E-state index contributed by atoms with van der Waals surface area (Å²) >= 11 is 0. The van der Waals surface area contributed by atoms with E-state index < -0.39 is 9.05 Å². The third-order valence-electron chi connectivity index (χ3n) is 3.29. The number of nitrogens with zero attached hydrogens (tertiary/aromatic N) is 2. The maximum Gasteiger partial charge on any atom is 0.232 e. The first-order valence-electron chi connectivity index (χ1n) is 5.75. The van der Waals surface area contributed by atoms with Gasteiger partial charge in [-0.2, -0.15) is 5.26 Å². The zero-order valence-electron chi connectivity index (χ0n) is 9.73. The van der Waals surface area contributed by atoms with Crippen molar-refractivity contribution in [2.24, 2.45) is 5.92 Å². The van der Waals surface area contributed by atoms with Crippen LogP contribution in [0.3, 0.4) is 0 Å². The summed E-state index contributed by atoms with van der Waals surface area (Å²) in [5.74, 6) is -0.565. The van der Waals surface area contributed by atoms with Crippen molar-refractivity contribution < 1.29 is 13.2 Å². The van der Waals surface area contributed by atoms with E-state index in [0.717, 1.165) is 18.5 Å². The topological polar surface area (TPSA) is 78.2 Å². The van der Waals surface area contributed by atoms with Gasteiger partial charge in [0.15, 0.2) is 0 Å². The maximum absolute atomic E-state index is 11.9. The van der Waals surface area contributed by atoms with Gasteiger partial charge in [0.05, 0.1) is 11.8 Å². The number of carbonyl (C=O) groups is 1. The highest BCUT2D eigenvalue weighted by Gasteiger charge is 2.36. The molecule has 0 aromatic rings. The molecule has 0 bridgehead atoms. The first kappa shape index (κ1) is 13.4. The van der Waals surface area contributed by atoms with Crippen LogP contribution in [-0.2, 0) is 13.8 Å². The Morgan fingerprint density at radius 2 is 2.17 bits per heavy atom. The molecule has 0 saturated carbocycles. The molecule has 1 amide bonds. The molecule has 0 N–H and O–H groups in total. The fourth-order valence-electron chi connectivity index (χ4n) is 2.58. The van der Waals surface area contributed by atoms with E-state index in [0.29, 0.717) is 18.5 Å². The van der Waals surface area contributed by atoms with Gasteiger partial charge in [0.1, 0.15) is 0 Å². The molecule has 1 saturated heterocycles. The van der Waals surface area contributed by atoms with Gasteiger partial charge in [0.25, 0.3) is 0 Å². The second-order valence-electron chi connectivity index (χ2n) is 4.67. The quantitative estimate of drug-likeness (QED) is 0.735. The number of likely N-dealkylation sites (tertiary alicyclic amines) is 1. The first-order chi connectivity index (χ1) is 8.40. The molecule has 1 heterocycles. The number of hydrogen-bond acceptors (Lipinski definition) is 4. The van der Waals surface area contributed by atoms with Crippen LogP contribution in [0.2, 0.25) is 0 Å². The van der Waals surface area contributed by atoms with Gasteiger partial charge in [-0.3, -0.25) is 4.79 Å². The Labute approximate surface area is 110 Å². The first-order valence-corrected chi connectivity index (χ1v) is 8.23. The summed E-state index contributed by atoms with van der Waals surface area (Å²) in [6.07, 6.45) is 2.48. The maximum atomic E-state index is 11.9. The monoisotopic (exact) mass is 288 g/mol.